The lowest BCUT2D eigenvalue weighted by Gasteiger charge is -2.33. The third kappa shape index (κ3) is 7.73. The zero-order valence-electron chi connectivity index (χ0n) is 17.5. The summed E-state index contributed by atoms with van der Waals surface area (Å²) in [5, 5.41) is 9.20. The summed E-state index contributed by atoms with van der Waals surface area (Å²) in [5.41, 5.74) is 0.135. The summed E-state index contributed by atoms with van der Waals surface area (Å²) in [4.78, 5) is 35.9. The fourth-order valence-electron chi connectivity index (χ4n) is 3.19. The molecule has 0 bridgehead atoms. The normalized spacial score (nSPS) is 16.7. The van der Waals surface area contributed by atoms with E-state index in [4.69, 9.17) is 9.47 Å². The van der Waals surface area contributed by atoms with Gasteiger partial charge in [0, 0.05) is 11.1 Å². The molecule has 0 aromatic heterocycles. The molecule has 1 N–H and O–H groups in total. The van der Waals surface area contributed by atoms with Gasteiger partial charge in [0.2, 0.25) is 0 Å². The molecule has 27 heavy (non-hydrogen) atoms. The van der Waals surface area contributed by atoms with E-state index in [-0.39, 0.29) is 47.1 Å². The van der Waals surface area contributed by atoms with Crippen LogP contribution in [-0.4, -0.2) is 36.2 Å². The lowest BCUT2D eigenvalue weighted by Crippen LogP contribution is -2.34. The van der Waals surface area contributed by atoms with Gasteiger partial charge in [0.25, 0.3) is 0 Å². The summed E-state index contributed by atoms with van der Waals surface area (Å²) in [6, 6.07) is 0. The van der Waals surface area contributed by atoms with Crippen LogP contribution in [0.2, 0.25) is 0 Å². The van der Waals surface area contributed by atoms with Crippen molar-refractivity contribution in [1.82, 2.24) is 0 Å². The lowest BCUT2D eigenvalue weighted by atomic mass is 9.72. The minimum absolute atomic E-state index is 0.00980. The molecule has 0 aliphatic heterocycles. The first-order valence-electron chi connectivity index (χ1n) is 9.62. The summed E-state index contributed by atoms with van der Waals surface area (Å²) in [5.74, 6) is -2.24. The van der Waals surface area contributed by atoms with Crippen LogP contribution in [0.25, 0.3) is 0 Å². The first-order valence-corrected chi connectivity index (χ1v) is 9.62. The molecule has 0 spiro atoms. The highest BCUT2D eigenvalue weighted by Gasteiger charge is 2.35. The molecule has 6 nitrogen and oxygen atoms in total. The van der Waals surface area contributed by atoms with Crippen LogP contribution in [0.3, 0.4) is 0 Å². The Morgan fingerprint density at radius 1 is 0.926 bits per heavy atom. The van der Waals surface area contributed by atoms with E-state index < -0.39 is 11.9 Å². The van der Waals surface area contributed by atoms with Crippen LogP contribution < -0.4 is 0 Å². The highest BCUT2D eigenvalue weighted by Crippen LogP contribution is 2.36. The Bertz CT molecular complexity index is 589. The Balaban J connectivity index is 2.57. The Kier molecular flexibility index (Phi) is 8.05. The van der Waals surface area contributed by atoms with Crippen molar-refractivity contribution in [2.75, 3.05) is 13.2 Å². The molecule has 0 aromatic rings. The van der Waals surface area contributed by atoms with Crippen molar-refractivity contribution < 1.29 is 29.0 Å². The van der Waals surface area contributed by atoms with Gasteiger partial charge in [-0.15, -0.1) is 0 Å². The zero-order valence-corrected chi connectivity index (χ0v) is 17.5. The standard InChI is InChI=1S/C21H34O6/c1-20(2,3)13-16(21(4,5)6)19(25)27-12-11-26-18(24)15-10-8-7-9-14(15)17(22)23/h16H,7-13H2,1-6H3,(H,22,23). The zero-order chi connectivity index (χ0) is 20.8. The number of hydrogen-bond donors (Lipinski definition) is 1. The first-order chi connectivity index (χ1) is 12.3. The lowest BCUT2D eigenvalue weighted by molar-refractivity contribution is -0.158. The molecule has 154 valence electrons. The Morgan fingerprint density at radius 3 is 1.93 bits per heavy atom. The van der Waals surface area contributed by atoms with Crippen molar-refractivity contribution in [3.05, 3.63) is 11.1 Å². The number of carbonyl (C=O) groups is 3. The second-order valence-electron chi connectivity index (χ2n) is 9.46. The maximum absolute atomic E-state index is 12.5. The quantitative estimate of drug-likeness (QED) is 0.526. The van der Waals surface area contributed by atoms with E-state index in [0.717, 1.165) is 12.8 Å². The predicted octanol–water partition coefficient (Wildman–Crippen LogP) is 4.13. The highest BCUT2D eigenvalue weighted by molar-refractivity contribution is 5.99. The number of esters is 2. The molecule has 0 saturated heterocycles. The molecule has 0 aromatic carbocycles. The molecule has 1 aliphatic carbocycles. The van der Waals surface area contributed by atoms with Crippen LogP contribution in [0, 0.1) is 16.7 Å². The van der Waals surface area contributed by atoms with Gasteiger partial charge in [-0.25, -0.2) is 9.59 Å². The third-order valence-corrected chi connectivity index (χ3v) is 4.68. The molecule has 6 heteroatoms. The number of rotatable bonds is 7. The SMILES string of the molecule is CC(C)(C)CC(C(=O)OCCOC(=O)C1=C(C(=O)O)CCCC1)C(C)(C)C. The van der Waals surface area contributed by atoms with Gasteiger partial charge in [-0.1, -0.05) is 41.5 Å². The van der Waals surface area contributed by atoms with E-state index in [9.17, 15) is 19.5 Å². The molecule has 0 radical (unpaired) electrons. The summed E-state index contributed by atoms with van der Waals surface area (Å²) < 4.78 is 10.5. The molecule has 1 rings (SSSR count). The molecular formula is C21H34O6. The van der Waals surface area contributed by atoms with Crippen LogP contribution in [0.4, 0.5) is 0 Å². The molecule has 1 aliphatic rings. The minimum Gasteiger partial charge on any atom is -0.478 e. The van der Waals surface area contributed by atoms with E-state index in [1.54, 1.807) is 0 Å². The number of carbonyl (C=O) groups excluding carboxylic acids is 2. The minimum atomic E-state index is -1.07. The second kappa shape index (κ2) is 9.38. The molecule has 1 unspecified atom stereocenters. The van der Waals surface area contributed by atoms with Crippen molar-refractivity contribution in [2.45, 2.75) is 73.6 Å². The van der Waals surface area contributed by atoms with E-state index in [2.05, 4.69) is 20.8 Å². The van der Waals surface area contributed by atoms with Crippen molar-refractivity contribution in [3.63, 3.8) is 0 Å². The largest absolute Gasteiger partial charge is 0.478 e. The van der Waals surface area contributed by atoms with E-state index in [1.165, 1.54) is 0 Å². The van der Waals surface area contributed by atoms with Gasteiger partial charge in [-0.05, 0) is 42.9 Å². The van der Waals surface area contributed by atoms with Gasteiger partial charge in [-0.3, -0.25) is 4.79 Å². The summed E-state index contributed by atoms with van der Waals surface area (Å²) in [6.45, 7) is 12.2. The maximum Gasteiger partial charge on any atom is 0.334 e. The van der Waals surface area contributed by atoms with Crippen molar-refractivity contribution in [1.29, 1.82) is 0 Å². The Labute approximate surface area is 162 Å². The number of hydrogen-bond acceptors (Lipinski definition) is 5. The van der Waals surface area contributed by atoms with Gasteiger partial charge < -0.3 is 14.6 Å². The number of aliphatic carboxylic acids is 1. The summed E-state index contributed by atoms with van der Waals surface area (Å²) in [7, 11) is 0. The highest BCUT2D eigenvalue weighted by atomic mass is 16.6. The molecule has 0 heterocycles. The van der Waals surface area contributed by atoms with Crippen LogP contribution in [0.15, 0.2) is 11.1 Å². The molecular weight excluding hydrogens is 348 g/mol. The van der Waals surface area contributed by atoms with Gasteiger partial charge in [0.05, 0.1) is 5.92 Å². The van der Waals surface area contributed by atoms with Crippen molar-refractivity contribution in [2.24, 2.45) is 16.7 Å². The molecule has 0 amide bonds. The van der Waals surface area contributed by atoms with Crippen LogP contribution >= 0.6 is 0 Å². The first kappa shape index (κ1) is 23.2. The van der Waals surface area contributed by atoms with E-state index in [1.807, 2.05) is 20.8 Å². The van der Waals surface area contributed by atoms with Gasteiger partial charge in [0.1, 0.15) is 13.2 Å². The average molecular weight is 382 g/mol. The van der Waals surface area contributed by atoms with Crippen LogP contribution in [0.5, 0.6) is 0 Å². The maximum atomic E-state index is 12.5. The van der Waals surface area contributed by atoms with Crippen molar-refractivity contribution in [3.8, 4) is 0 Å². The third-order valence-electron chi connectivity index (χ3n) is 4.68. The monoisotopic (exact) mass is 382 g/mol. The van der Waals surface area contributed by atoms with Crippen LogP contribution in [-0.2, 0) is 23.9 Å². The number of carboxylic acids is 1. The fourth-order valence-corrected chi connectivity index (χ4v) is 3.19. The van der Waals surface area contributed by atoms with Gasteiger partial charge in [0.15, 0.2) is 0 Å². The van der Waals surface area contributed by atoms with Gasteiger partial charge in [-0.2, -0.15) is 0 Å². The Morgan fingerprint density at radius 2 is 1.44 bits per heavy atom. The molecule has 0 fully saturated rings. The van der Waals surface area contributed by atoms with E-state index in [0.29, 0.717) is 19.3 Å². The smallest absolute Gasteiger partial charge is 0.334 e. The van der Waals surface area contributed by atoms with E-state index >= 15 is 0 Å². The number of ether oxygens (including phenoxy) is 2. The fraction of sp³-hybridized carbons (Fsp3) is 0.762. The summed E-state index contributed by atoms with van der Waals surface area (Å²) in [6.07, 6.45) is 3.03. The Hall–Kier alpha value is -1.85. The molecule has 0 saturated carbocycles. The van der Waals surface area contributed by atoms with Crippen LogP contribution in [0.1, 0.15) is 73.6 Å². The second-order valence-corrected chi connectivity index (χ2v) is 9.46. The van der Waals surface area contributed by atoms with Crippen molar-refractivity contribution >= 4 is 17.9 Å². The summed E-state index contributed by atoms with van der Waals surface area (Å²) >= 11 is 0. The van der Waals surface area contributed by atoms with Gasteiger partial charge >= 0.3 is 17.9 Å². The molecule has 1 atom stereocenters. The number of carboxylic acid groups (broad SMARTS) is 1. The topological polar surface area (TPSA) is 89.9 Å². The average Bonchev–Trinajstić information content (AvgIpc) is 2.54. The predicted molar refractivity (Wildman–Crippen MR) is 102 cm³/mol.